The van der Waals surface area contributed by atoms with Gasteiger partial charge in [-0.25, -0.2) is 4.99 Å². The first-order chi connectivity index (χ1) is 18.0. The molecule has 0 radical (unpaired) electrons. The highest BCUT2D eigenvalue weighted by atomic mass is 35.5. The molecule has 0 spiro atoms. The lowest BCUT2D eigenvalue weighted by Gasteiger charge is -2.31. The summed E-state index contributed by atoms with van der Waals surface area (Å²) in [4.78, 5) is 30.4. The summed E-state index contributed by atoms with van der Waals surface area (Å²) in [6.45, 7) is 0. The molecule has 0 bridgehead atoms. The Morgan fingerprint density at radius 1 is 1.14 bits per heavy atom. The molecule has 0 saturated carbocycles. The van der Waals surface area contributed by atoms with Crippen LogP contribution in [0.2, 0.25) is 5.02 Å². The highest BCUT2D eigenvalue weighted by Crippen LogP contribution is 2.42. The Morgan fingerprint density at radius 2 is 1.92 bits per heavy atom. The number of nitro groups is 1. The molecule has 0 unspecified atom stereocenters. The summed E-state index contributed by atoms with van der Waals surface area (Å²) < 4.78 is 7.25. The van der Waals surface area contributed by atoms with Crippen molar-refractivity contribution in [2.45, 2.75) is 18.9 Å². The lowest BCUT2D eigenvalue weighted by atomic mass is 9.83. The van der Waals surface area contributed by atoms with E-state index in [1.165, 1.54) is 36.1 Å². The second kappa shape index (κ2) is 9.14. The topological polar surface area (TPSA) is 86.7 Å². The summed E-state index contributed by atoms with van der Waals surface area (Å²) in [6.07, 6.45) is 3.28. The number of aryl methyl sites for hydroxylation is 1. The molecule has 2 aliphatic rings. The molecule has 0 fully saturated rings. The Kier molecular flexibility index (Phi) is 5.78. The summed E-state index contributed by atoms with van der Waals surface area (Å²) in [6, 6.07) is 20.0. The van der Waals surface area contributed by atoms with Gasteiger partial charge in [-0.3, -0.25) is 19.5 Å². The summed E-state index contributed by atoms with van der Waals surface area (Å²) in [5, 5.41) is 12.1. The number of nitrogens with zero attached hydrogens (tertiary/aromatic N) is 3. The van der Waals surface area contributed by atoms with Crippen molar-refractivity contribution < 1.29 is 9.66 Å². The van der Waals surface area contributed by atoms with Crippen molar-refractivity contribution in [3.05, 3.63) is 129 Å². The monoisotopic (exact) mass is 529 g/mol. The molecular weight excluding hydrogens is 510 g/mol. The molecule has 1 aliphatic carbocycles. The van der Waals surface area contributed by atoms with Gasteiger partial charge in [0.25, 0.3) is 5.56 Å². The number of ether oxygens (including phenoxy) is 1. The van der Waals surface area contributed by atoms with Gasteiger partial charge in [0.05, 0.1) is 28.3 Å². The number of allylic oxidation sites excluding steroid dienone is 1. The number of halogens is 1. The van der Waals surface area contributed by atoms with Crippen molar-refractivity contribution in [3.63, 3.8) is 0 Å². The van der Waals surface area contributed by atoms with E-state index in [1.807, 2.05) is 36.4 Å². The average molecular weight is 530 g/mol. The number of benzene rings is 3. The van der Waals surface area contributed by atoms with Crippen LogP contribution in [0, 0.1) is 10.1 Å². The number of rotatable bonds is 4. The van der Waals surface area contributed by atoms with Crippen molar-refractivity contribution in [3.8, 4) is 5.75 Å². The molecule has 0 amide bonds. The lowest BCUT2D eigenvalue weighted by molar-refractivity contribution is -0.385. The maximum Gasteiger partial charge on any atom is 0.311 e. The Morgan fingerprint density at radius 3 is 2.70 bits per heavy atom. The van der Waals surface area contributed by atoms with Gasteiger partial charge in [-0.15, -0.1) is 0 Å². The first-order valence-corrected chi connectivity index (χ1v) is 12.9. The maximum absolute atomic E-state index is 13.8. The molecule has 0 N–H and O–H groups in total. The number of thiazole rings is 1. The Balaban J connectivity index is 1.60. The molecule has 4 aromatic rings. The molecule has 1 aliphatic heterocycles. The molecule has 7 nitrogen and oxygen atoms in total. The minimum Gasteiger partial charge on any atom is -0.490 e. The van der Waals surface area contributed by atoms with E-state index in [4.69, 9.17) is 21.3 Å². The van der Waals surface area contributed by atoms with E-state index in [1.54, 1.807) is 16.7 Å². The van der Waals surface area contributed by atoms with Crippen molar-refractivity contribution >= 4 is 40.4 Å². The third kappa shape index (κ3) is 3.89. The van der Waals surface area contributed by atoms with Crippen LogP contribution in [0.25, 0.3) is 11.8 Å². The van der Waals surface area contributed by atoms with Crippen LogP contribution < -0.4 is 19.6 Å². The first-order valence-electron chi connectivity index (χ1n) is 11.7. The van der Waals surface area contributed by atoms with Gasteiger partial charge < -0.3 is 4.74 Å². The van der Waals surface area contributed by atoms with Crippen molar-refractivity contribution in [2.24, 2.45) is 4.99 Å². The molecule has 3 aromatic carbocycles. The first kappa shape index (κ1) is 23.4. The van der Waals surface area contributed by atoms with Gasteiger partial charge >= 0.3 is 5.69 Å². The fraction of sp³-hybridized carbons (Fsp3) is 0.143. The van der Waals surface area contributed by atoms with Gasteiger partial charge in [0.2, 0.25) is 0 Å². The van der Waals surface area contributed by atoms with Crippen LogP contribution in [0.1, 0.15) is 34.7 Å². The van der Waals surface area contributed by atoms with Gasteiger partial charge in [0.1, 0.15) is 0 Å². The predicted octanol–water partition coefficient (Wildman–Crippen LogP) is 4.89. The molecule has 184 valence electrons. The number of hydrogen-bond acceptors (Lipinski definition) is 6. The van der Waals surface area contributed by atoms with Crippen LogP contribution in [0.15, 0.2) is 82.1 Å². The summed E-state index contributed by atoms with van der Waals surface area (Å²) in [5.41, 5.74) is 5.25. The van der Waals surface area contributed by atoms with Crippen molar-refractivity contribution in [1.29, 1.82) is 0 Å². The van der Waals surface area contributed by atoms with E-state index in [2.05, 4.69) is 12.1 Å². The molecule has 2 heterocycles. The Labute approximate surface area is 220 Å². The fourth-order valence-corrected chi connectivity index (χ4v) is 6.33. The van der Waals surface area contributed by atoms with Crippen LogP contribution in [0.4, 0.5) is 5.69 Å². The highest BCUT2D eigenvalue weighted by Gasteiger charge is 2.33. The van der Waals surface area contributed by atoms with Crippen LogP contribution in [0.3, 0.4) is 0 Å². The highest BCUT2D eigenvalue weighted by molar-refractivity contribution is 7.07. The minimum atomic E-state index is -0.499. The van der Waals surface area contributed by atoms with Crippen LogP contribution in [0.5, 0.6) is 5.75 Å². The molecule has 9 heteroatoms. The van der Waals surface area contributed by atoms with Crippen LogP contribution in [-0.4, -0.2) is 16.6 Å². The molecular formula is C28H20ClN3O4S. The SMILES string of the molecule is COc1ccc(/C=c2\sc3n(c2=O)[C@@H](c2ccccc2Cl)C2=C(N=3)c3ccccc3CC2)cc1[N+](=O)[O-]. The Hall–Kier alpha value is -4.01. The van der Waals surface area contributed by atoms with E-state index in [9.17, 15) is 14.9 Å². The largest absolute Gasteiger partial charge is 0.490 e. The van der Waals surface area contributed by atoms with E-state index < -0.39 is 4.92 Å². The summed E-state index contributed by atoms with van der Waals surface area (Å²) in [7, 11) is 1.38. The second-order valence-electron chi connectivity index (χ2n) is 8.82. The third-order valence-corrected chi connectivity index (χ3v) is 8.10. The quantitative estimate of drug-likeness (QED) is 0.278. The number of nitro benzene ring substituents is 1. The zero-order valence-electron chi connectivity index (χ0n) is 19.7. The maximum atomic E-state index is 13.8. The van der Waals surface area contributed by atoms with E-state index in [-0.39, 0.29) is 23.0 Å². The van der Waals surface area contributed by atoms with E-state index >= 15 is 0 Å². The molecule has 0 saturated heterocycles. The molecule has 1 aromatic heterocycles. The van der Waals surface area contributed by atoms with Crippen LogP contribution in [-0.2, 0) is 6.42 Å². The van der Waals surface area contributed by atoms with E-state index in [0.29, 0.717) is 19.9 Å². The smallest absolute Gasteiger partial charge is 0.311 e. The zero-order valence-corrected chi connectivity index (χ0v) is 21.3. The standard InChI is InChI=1S/C28H20ClN3O4S/c1-36-23-13-10-16(14-22(23)32(34)35)15-24-27(33)31-26(19-8-4-5-9-21(19)29)20-12-11-17-6-2-3-7-18(17)25(20)30-28(31)37-24/h2-10,13-15,26H,11-12H2,1H3/b24-15-/t26-/m0/s1. The predicted molar refractivity (Wildman–Crippen MR) is 144 cm³/mol. The van der Waals surface area contributed by atoms with Gasteiger partial charge in [0, 0.05) is 16.7 Å². The normalized spacial score (nSPS) is 16.5. The molecule has 1 atom stereocenters. The fourth-order valence-electron chi connectivity index (χ4n) is 5.09. The zero-order chi connectivity index (χ0) is 25.7. The average Bonchev–Trinajstić information content (AvgIpc) is 3.22. The number of hydrogen-bond donors (Lipinski definition) is 0. The van der Waals surface area contributed by atoms with E-state index in [0.717, 1.165) is 35.2 Å². The third-order valence-electron chi connectivity index (χ3n) is 6.77. The second-order valence-corrected chi connectivity index (χ2v) is 10.2. The van der Waals surface area contributed by atoms with Gasteiger partial charge in [-0.05, 0) is 53.3 Å². The van der Waals surface area contributed by atoms with Crippen LogP contribution >= 0.6 is 22.9 Å². The number of aromatic nitrogens is 1. The van der Waals surface area contributed by atoms with Gasteiger partial charge in [-0.1, -0.05) is 71.5 Å². The number of methoxy groups -OCH3 is 1. The molecule has 37 heavy (non-hydrogen) atoms. The summed E-state index contributed by atoms with van der Waals surface area (Å²) >= 11 is 7.94. The number of fused-ring (bicyclic) bond motifs is 3. The minimum absolute atomic E-state index is 0.161. The van der Waals surface area contributed by atoms with Crippen molar-refractivity contribution in [2.75, 3.05) is 7.11 Å². The lowest BCUT2D eigenvalue weighted by Crippen LogP contribution is -2.38. The van der Waals surface area contributed by atoms with Crippen molar-refractivity contribution in [1.82, 2.24) is 4.57 Å². The summed E-state index contributed by atoms with van der Waals surface area (Å²) in [5.74, 6) is 0.161. The molecule has 6 rings (SSSR count). The Bertz CT molecular complexity index is 1800. The van der Waals surface area contributed by atoms with Gasteiger partial charge in [-0.2, -0.15) is 0 Å². The van der Waals surface area contributed by atoms with Gasteiger partial charge in [0.15, 0.2) is 10.6 Å².